The van der Waals surface area contributed by atoms with Crippen LogP contribution in [0.15, 0.2) is 59.6 Å². The molecule has 2 aromatic carbocycles. The van der Waals surface area contributed by atoms with Gasteiger partial charge in [-0.15, -0.1) is 0 Å². The number of hydrogen-bond donors (Lipinski definition) is 1. The van der Waals surface area contributed by atoms with Gasteiger partial charge in [-0.25, -0.2) is 12.7 Å². The Bertz CT molecular complexity index is 1080. The predicted molar refractivity (Wildman–Crippen MR) is 111 cm³/mol. The van der Waals surface area contributed by atoms with Gasteiger partial charge in [-0.3, -0.25) is 9.59 Å². The lowest BCUT2D eigenvalue weighted by Gasteiger charge is -2.32. The van der Waals surface area contributed by atoms with Crippen molar-refractivity contribution in [3.63, 3.8) is 0 Å². The standard InChI is InChI=1S/C21H23N3O4S/c1-15(25)24-12-11-16-7-4-5-10-19(16)20(24)14-21(26)22-17-8-6-9-18(13-17)29(27,28)23(2)3/h4-13,20H,14H2,1-3H3,(H,22,26)/t20-/m1/s1. The zero-order chi connectivity index (χ0) is 21.2. The molecule has 152 valence electrons. The number of benzene rings is 2. The van der Waals surface area contributed by atoms with Crippen molar-refractivity contribution in [2.75, 3.05) is 19.4 Å². The van der Waals surface area contributed by atoms with Crippen LogP contribution in [-0.2, 0) is 19.6 Å². The van der Waals surface area contributed by atoms with Crippen molar-refractivity contribution in [1.29, 1.82) is 0 Å². The first-order chi connectivity index (χ1) is 13.7. The summed E-state index contributed by atoms with van der Waals surface area (Å²) in [6.07, 6.45) is 3.58. The van der Waals surface area contributed by atoms with Crippen LogP contribution in [0.3, 0.4) is 0 Å². The monoisotopic (exact) mass is 413 g/mol. The van der Waals surface area contributed by atoms with Gasteiger partial charge in [0.05, 0.1) is 17.4 Å². The van der Waals surface area contributed by atoms with E-state index in [4.69, 9.17) is 0 Å². The van der Waals surface area contributed by atoms with Crippen molar-refractivity contribution in [3.8, 4) is 0 Å². The fourth-order valence-electron chi connectivity index (χ4n) is 3.25. The van der Waals surface area contributed by atoms with Gasteiger partial charge in [-0.2, -0.15) is 0 Å². The van der Waals surface area contributed by atoms with E-state index in [1.807, 2.05) is 30.3 Å². The second-order valence-corrected chi connectivity index (χ2v) is 9.11. The molecule has 0 saturated carbocycles. The average molecular weight is 413 g/mol. The molecule has 1 atom stereocenters. The van der Waals surface area contributed by atoms with Crippen molar-refractivity contribution in [1.82, 2.24) is 9.21 Å². The molecule has 1 N–H and O–H groups in total. The molecule has 0 aromatic heterocycles. The van der Waals surface area contributed by atoms with Crippen LogP contribution in [0.4, 0.5) is 5.69 Å². The minimum atomic E-state index is -3.60. The molecule has 1 heterocycles. The van der Waals surface area contributed by atoms with Crippen LogP contribution < -0.4 is 5.32 Å². The maximum absolute atomic E-state index is 12.7. The number of nitrogens with one attached hydrogen (secondary N) is 1. The van der Waals surface area contributed by atoms with Crippen LogP contribution in [0.25, 0.3) is 6.08 Å². The van der Waals surface area contributed by atoms with E-state index in [1.54, 1.807) is 18.3 Å². The van der Waals surface area contributed by atoms with Crippen LogP contribution in [0.1, 0.15) is 30.5 Å². The number of nitrogens with zero attached hydrogens (tertiary/aromatic N) is 2. The topological polar surface area (TPSA) is 86.8 Å². The van der Waals surface area contributed by atoms with Gasteiger partial charge >= 0.3 is 0 Å². The minimum absolute atomic E-state index is 0.0472. The molecule has 1 aliphatic rings. The second-order valence-electron chi connectivity index (χ2n) is 6.95. The number of carbonyl (C=O) groups excluding carboxylic acids is 2. The van der Waals surface area contributed by atoms with Gasteiger partial charge < -0.3 is 10.2 Å². The zero-order valence-corrected chi connectivity index (χ0v) is 17.3. The molecule has 3 rings (SSSR count). The van der Waals surface area contributed by atoms with E-state index in [9.17, 15) is 18.0 Å². The third-order valence-corrected chi connectivity index (χ3v) is 6.56. The Balaban J connectivity index is 1.82. The van der Waals surface area contributed by atoms with Crippen molar-refractivity contribution < 1.29 is 18.0 Å². The number of fused-ring (bicyclic) bond motifs is 1. The van der Waals surface area contributed by atoms with Gasteiger partial charge in [0, 0.05) is 32.9 Å². The highest BCUT2D eigenvalue weighted by molar-refractivity contribution is 7.89. The Morgan fingerprint density at radius 2 is 1.83 bits per heavy atom. The van der Waals surface area contributed by atoms with Gasteiger partial charge in [-0.05, 0) is 35.4 Å². The number of anilines is 1. The molecule has 1 aliphatic heterocycles. The third-order valence-electron chi connectivity index (χ3n) is 4.74. The first kappa shape index (κ1) is 20.8. The van der Waals surface area contributed by atoms with Gasteiger partial charge in [0.1, 0.15) is 0 Å². The molecule has 2 aromatic rings. The summed E-state index contributed by atoms with van der Waals surface area (Å²) < 4.78 is 25.7. The van der Waals surface area contributed by atoms with E-state index in [1.165, 1.54) is 38.1 Å². The van der Waals surface area contributed by atoms with Crippen molar-refractivity contribution in [3.05, 3.63) is 65.9 Å². The van der Waals surface area contributed by atoms with Crippen LogP contribution in [0.5, 0.6) is 0 Å². The summed E-state index contributed by atoms with van der Waals surface area (Å²) in [6.45, 7) is 1.46. The molecular weight excluding hydrogens is 390 g/mol. The number of rotatable bonds is 5. The molecule has 0 aliphatic carbocycles. The molecule has 0 bridgehead atoms. The Morgan fingerprint density at radius 3 is 2.52 bits per heavy atom. The molecule has 0 saturated heterocycles. The average Bonchev–Trinajstić information content (AvgIpc) is 2.68. The van der Waals surface area contributed by atoms with Crippen molar-refractivity contribution in [2.24, 2.45) is 0 Å². The smallest absolute Gasteiger partial charge is 0.242 e. The van der Waals surface area contributed by atoms with Crippen LogP contribution in [0, 0.1) is 0 Å². The first-order valence-electron chi connectivity index (χ1n) is 9.08. The summed E-state index contributed by atoms with van der Waals surface area (Å²) in [4.78, 5) is 26.4. The molecule has 7 nitrogen and oxygen atoms in total. The first-order valence-corrected chi connectivity index (χ1v) is 10.5. The molecule has 0 radical (unpaired) electrons. The molecule has 2 amide bonds. The lowest BCUT2D eigenvalue weighted by molar-refractivity contribution is -0.129. The summed E-state index contributed by atoms with van der Waals surface area (Å²) in [7, 11) is -0.704. The van der Waals surface area contributed by atoms with Crippen LogP contribution in [0.2, 0.25) is 0 Å². The minimum Gasteiger partial charge on any atom is -0.326 e. The van der Waals surface area contributed by atoms with E-state index in [2.05, 4.69) is 5.32 Å². The fourth-order valence-corrected chi connectivity index (χ4v) is 4.19. The summed E-state index contributed by atoms with van der Waals surface area (Å²) in [5, 5.41) is 2.75. The van der Waals surface area contributed by atoms with E-state index in [0.29, 0.717) is 5.69 Å². The summed E-state index contributed by atoms with van der Waals surface area (Å²) in [6, 6.07) is 13.3. The molecule has 8 heteroatoms. The summed E-state index contributed by atoms with van der Waals surface area (Å²) >= 11 is 0. The van der Waals surface area contributed by atoms with Gasteiger partial charge in [-0.1, -0.05) is 30.3 Å². The van der Waals surface area contributed by atoms with E-state index in [-0.39, 0.29) is 23.1 Å². The SMILES string of the molecule is CC(=O)N1C=Cc2ccccc2[C@H]1CC(=O)Nc1cccc(S(=O)(=O)N(C)C)c1. The largest absolute Gasteiger partial charge is 0.326 e. The van der Waals surface area contributed by atoms with Gasteiger partial charge in [0.25, 0.3) is 0 Å². The van der Waals surface area contributed by atoms with Crippen molar-refractivity contribution >= 4 is 33.6 Å². The lowest BCUT2D eigenvalue weighted by atomic mass is 9.93. The number of hydrogen-bond acceptors (Lipinski definition) is 4. The molecular formula is C21H23N3O4S. The van der Waals surface area contributed by atoms with E-state index < -0.39 is 16.1 Å². The summed E-state index contributed by atoms with van der Waals surface area (Å²) in [5.74, 6) is -0.474. The normalized spacial score (nSPS) is 15.9. The Kier molecular flexibility index (Phi) is 5.86. The number of sulfonamides is 1. The highest BCUT2D eigenvalue weighted by Gasteiger charge is 2.28. The third kappa shape index (κ3) is 4.38. The molecule has 29 heavy (non-hydrogen) atoms. The highest BCUT2D eigenvalue weighted by Crippen LogP contribution is 2.33. The summed E-state index contributed by atoms with van der Waals surface area (Å²) in [5.41, 5.74) is 2.23. The van der Waals surface area contributed by atoms with E-state index >= 15 is 0 Å². The molecule has 0 fully saturated rings. The van der Waals surface area contributed by atoms with Crippen molar-refractivity contribution in [2.45, 2.75) is 24.3 Å². The fraction of sp³-hybridized carbons (Fsp3) is 0.238. The van der Waals surface area contributed by atoms with Crippen LogP contribution in [-0.4, -0.2) is 43.5 Å². The lowest BCUT2D eigenvalue weighted by Crippen LogP contribution is -2.33. The molecule has 0 spiro atoms. The quantitative estimate of drug-likeness (QED) is 0.817. The number of carbonyl (C=O) groups is 2. The second kappa shape index (κ2) is 8.18. The Morgan fingerprint density at radius 1 is 1.10 bits per heavy atom. The Hall–Kier alpha value is -2.97. The van der Waals surface area contributed by atoms with E-state index in [0.717, 1.165) is 15.4 Å². The Labute approximate surface area is 170 Å². The highest BCUT2D eigenvalue weighted by atomic mass is 32.2. The zero-order valence-electron chi connectivity index (χ0n) is 16.5. The molecule has 0 unspecified atom stereocenters. The maximum Gasteiger partial charge on any atom is 0.242 e. The predicted octanol–water partition coefficient (Wildman–Crippen LogP) is 2.84. The van der Waals surface area contributed by atoms with Gasteiger partial charge in [0.2, 0.25) is 21.8 Å². The number of amides is 2. The van der Waals surface area contributed by atoms with Gasteiger partial charge in [0.15, 0.2) is 0 Å². The maximum atomic E-state index is 12.7. The van der Waals surface area contributed by atoms with Crippen LogP contribution >= 0.6 is 0 Å².